The summed E-state index contributed by atoms with van der Waals surface area (Å²) in [6.45, 7) is 1.77. The summed E-state index contributed by atoms with van der Waals surface area (Å²) in [5.41, 5.74) is 1.62. The van der Waals surface area contributed by atoms with Crippen LogP contribution in [-0.4, -0.2) is 35.3 Å². The van der Waals surface area contributed by atoms with Crippen molar-refractivity contribution in [1.82, 2.24) is 20.6 Å². The van der Waals surface area contributed by atoms with Gasteiger partial charge in [0.25, 0.3) is 0 Å². The number of aryl methyl sites for hydroxylation is 1. The number of tetrazole rings is 1. The normalized spacial score (nSPS) is 12.0. The van der Waals surface area contributed by atoms with E-state index in [-0.39, 0.29) is 16.3 Å². The third-order valence-corrected chi connectivity index (χ3v) is 3.81. The van der Waals surface area contributed by atoms with Crippen molar-refractivity contribution in [2.75, 3.05) is 11.6 Å². The zero-order chi connectivity index (χ0) is 15.5. The van der Waals surface area contributed by atoms with E-state index in [2.05, 4.69) is 25.9 Å². The Balaban J connectivity index is 2.27. The van der Waals surface area contributed by atoms with Crippen molar-refractivity contribution in [2.45, 2.75) is 11.8 Å². The standard InChI is InChI=1S/C12H12N6O2S/c1-8-5-10(21(2,19)20)3-4-11(8)14-7-9(6-13)12-15-17-18-16-12/h3-5,7,14H,1-2H3,(H,15,16,17,18). The van der Waals surface area contributed by atoms with Crippen LogP contribution < -0.4 is 5.32 Å². The maximum atomic E-state index is 11.5. The first-order valence-electron chi connectivity index (χ1n) is 5.83. The molecular formula is C12H12N6O2S. The van der Waals surface area contributed by atoms with Crippen LogP contribution in [-0.2, 0) is 9.84 Å². The first kappa shape index (κ1) is 14.7. The molecule has 0 radical (unpaired) electrons. The van der Waals surface area contributed by atoms with E-state index in [0.29, 0.717) is 5.69 Å². The van der Waals surface area contributed by atoms with Gasteiger partial charge in [-0.1, -0.05) is 0 Å². The van der Waals surface area contributed by atoms with E-state index in [1.165, 1.54) is 12.3 Å². The summed E-state index contributed by atoms with van der Waals surface area (Å²) in [5.74, 6) is 0.176. The fourth-order valence-electron chi connectivity index (χ4n) is 1.60. The van der Waals surface area contributed by atoms with Gasteiger partial charge in [0.05, 0.1) is 4.90 Å². The van der Waals surface area contributed by atoms with Gasteiger partial charge in [0, 0.05) is 18.1 Å². The maximum absolute atomic E-state index is 11.5. The van der Waals surface area contributed by atoms with Gasteiger partial charge in [-0.3, -0.25) is 0 Å². The van der Waals surface area contributed by atoms with Crippen molar-refractivity contribution in [2.24, 2.45) is 0 Å². The fourth-order valence-corrected chi connectivity index (χ4v) is 2.31. The lowest BCUT2D eigenvalue weighted by molar-refractivity contribution is 0.602. The van der Waals surface area contributed by atoms with Crippen molar-refractivity contribution >= 4 is 21.1 Å². The number of aromatic amines is 1. The van der Waals surface area contributed by atoms with E-state index in [0.717, 1.165) is 11.8 Å². The Morgan fingerprint density at radius 1 is 1.48 bits per heavy atom. The van der Waals surface area contributed by atoms with Gasteiger partial charge in [-0.25, -0.2) is 8.42 Å². The summed E-state index contributed by atoms with van der Waals surface area (Å²) in [4.78, 5) is 0.244. The monoisotopic (exact) mass is 304 g/mol. The van der Waals surface area contributed by atoms with Crippen LogP contribution in [0.25, 0.3) is 5.57 Å². The molecule has 1 aromatic heterocycles. The molecular weight excluding hydrogens is 292 g/mol. The summed E-state index contributed by atoms with van der Waals surface area (Å²) in [5, 5.41) is 25.0. The Morgan fingerprint density at radius 2 is 2.24 bits per heavy atom. The van der Waals surface area contributed by atoms with E-state index >= 15 is 0 Å². The lowest BCUT2D eigenvalue weighted by Crippen LogP contribution is -2.00. The Morgan fingerprint density at radius 3 is 2.76 bits per heavy atom. The van der Waals surface area contributed by atoms with E-state index in [4.69, 9.17) is 5.26 Å². The van der Waals surface area contributed by atoms with E-state index in [1.807, 2.05) is 6.07 Å². The van der Waals surface area contributed by atoms with Crippen LogP contribution in [0.3, 0.4) is 0 Å². The molecule has 0 fully saturated rings. The number of H-pyrrole nitrogens is 1. The van der Waals surface area contributed by atoms with E-state index < -0.39 is 9.84 Å². The average Bonchev–Trinajstić information content (AvgIpc) is 2.94. The maximum Gasteiger partial charge on any atom is 0.216 e. The van der Waals surface area contributed by atoms with E-state index in [1.54, 1.807) is 19.1 Å². The Kier molecular flexibility index (Phi) is 4.00. The van der Waals surface area contributed by atoms with Crippen LogP contribution in [0.2, 0.25) is 0 Å². The van der Waals surface area contributed by atoms with Crippen LogP contribution in [0.15, 0.2) is 29.3 Å². The number of nitrogens with one attached hydrogen (secondary N) is 2. The van der Waals surface area contributed by atoms with Crippen LogP contribution in [0.1, 0.15) is 11.4 Å². The van der Waals surface area contributed by atoms with Crippen LogP contribution in [0, 0.1) is 18.3 Å². The first-order valence-corrected chi connectivity index (χ1v) is 7.72. The molecule has 9 heteroatoms. The predicted octanol–water partition coefficient (Wildman–Crippen LogP) is 0.888. The lowest BCUT2D eigenvalue weighted by atomic mass is 10.2. The molecule has 0 aliphatic heterocycles. The molecule has 0 unspecified atom stereocenters. The summed E-state index contributed by atoms with van der Waals surface area (Å²) < 4.78 is 22.9. The van der Waals surface area contributed by atoms with Gasteiger partial charge < -0.3 is 5.32 Å². The van der Waals surface area contributed by atoms with Crippen molar-refractivity contribution in [3.8, 4) is 6.07 Å². The zero-order valence-corrected chi connectivity index (χ0v) is 12.1. The molecule has 0 amide bonds. The molecule has 0 atom stereocenters. The number of rotatable bonds is 4. The topological polar surface area (TPSA) is 124 Å². The molecule has 0 bridgehead atoms. The molecule has 1 aromatic carbocycles. The molecule has 108 valence electrons. The highest BCUT2D eigenvalue weighted by Crippen LogP contribution is 2.20. The first-order chi connectivity index (χ1) is 9.91. The minimum atomic E-state index is -3.24. The third-order valence-electron chi connectivity index (χ3n) is 2.70. The highest BCUT2D eigenvalue weighted by Gasteiger charge is 2.09. The summed E-state index contributed by atoms with van der Waals surface area (Å²) in [7, 11) is -3.24. The summed E-state index contributed by atoms with van der Waals surface area (Å²) in [6.07, 6.45) is 2.59. The quantitative estimate of drug-likeness (QED) is 0.803. The van der Waals surface area contributed by atoms with Gasteiger partial charge >= 0.3 is 0 Å². The van der Waals surface area contributed by atoms with Crippen LogP contribution >= 0.6 is 0 Å². The van der Waals surface area contributed by atoms with Crippen LogP contribution in [0.4, 0.5) is 5.69 Å². The SMILES string of the molecule is Cc1cc(S(C)(=O)=O)ccc1NC=C(C#N)c1nn[nH]n1. The number of nitrogens with zero attached hydrogens (tertiary/aromatic N) is 4. The summed E-state index contributed by atoms with van der Waals surface area (Å²) >= 11 is 0. The third kappa shape index (κ3) is 3.43. The highest BCUT2D eigenvalue weighted by atomic mass is 32.2. The fraction of sp³-hybridized carbons (Fsp3) is 0.167. The largest absolute Gasteiger partial charge is 0.360 e. The number of aromatic nitrogens is 4. The van der Waals surface area contributed by atoms with Crippen molar-refractivity contribution < 1.29 is 8.42 Å². The number of allylic oxidation sites excluding steroid dienone is 1. The molecule has 21 heavy (non-hydrogen) atoms. The number of anilines is 1. The molecule has 2 aromatic rings. The van der Waals surface area contributed by atoms with Gasteiger partial charge in [0.2, 0.25) is 5.82 Å². The Hall–Kier alpha value is -2.73. The zero-order valence-electron chi connectivity index (χ0n) is 11.3. The second kappa shape index (κ2) is 5.72. The Labute approximate surface area is 121 Å². The minimum absolute atomic E-state index is 0.176. The second-order valence-corrected chi connectivity index (χ2v) is 6.31. The number of sulfone groups is 1. The number of nitriles is 1. The molecule has 2 N–H and O–H groups in total. The van der Waals surface area contributed by atoms with Gasteiger partial charge in [0.1, 0.15) is 11.6 Å². The van der Waals surface area contributed by atoms with Gasteiger partial charge in [-0.2, -0.15) is 10.5 Å². The molecule has 1 heterocycles. The minimum Gasteiger partial charge on any atom is -0.360 e. The Bertz CT molecular complexity index is 818. The van der Waals surface area contributed by atoms with Gasteiger partial charge in [0.15, 0.2) is 9.84 Å². The average molecular weight is 304 g/mol. The molecule has 0 saturated carbocycles. The van der Waals surface area contributed by atoms with Crippen molar-refractivity contribution in [3.63, 3.8) is 0 Å². The second-order valence-electron chi connectivity index (χ2n) is 4.30. The molecule has 0 spiro atoms. The summed E-state index contributed by atoms with van der Waals surface area (Å²) in [6, 6.07) is 6.64. The lowest BCUT2D eigenvalue weighted by Gasteiger charge is -2.07. The predicted molar refractivity (Wildman–Crippen MR) is 75.7 cm³/mol. The molecule has 2 rings (SSSR count). The van der Waals surface area contributed by atoms with Crippen molar-refractivity contribution in [3.05, 3.63) is 35.8 Å². The molecule has 0 aliphatic carbocycles. The highest BCUT2D eigenvalue weighted by molar-refractivity contribution is 7.90. The number of benzene rings is 1. The van der Waals surface area contributed by atoms with Crippen LogP contribution in [0.5, 0.6) is 0 Å². The van der Waals surface area contributed by atoms with Crippen molar-refractivity contribution in [1.29, 1.82) is 5.26 Å². The smallest absolute Gasteiger partial charge is 0.216 e. The molecule has 0 aliphatic rings. The van der Waals surface area contributed by atoms with E-state index in [9.17, 15) is 8.42 Å². The number of hydrogen-bond donors (Lipinski definition) is 2. The number of hydrogen-bond acceptors (Lipinski definition) is 7. The van der Waals surface area contributed by atoms with Gasteiger partial charge in [-0.15, -0.1) is 10.2 Å². The van der Waals surface area contributed by atoms with Gasteiger partial charge in [-0.05, 0) is 35.9 Å². The molecule has 8 nitrogen and oxygen atoms in total. The molecule has 0 saturated heterocycles.